The average molecular weight is 400 g/mol. The fraction of sp³-hybridized carbons (Fsp3) is 0.579. The number of benzene rings is 1. The van der Waals surface area contributed by atoms with Crippen molar-refractivity contribution in [2.75, 3.05) is 40.0 Å². The number of carboxylic acids is 1. The molecule has 150 valence electrons. The Balaban J connectivity index is 2.27. The van der Waals surface area contributed by atoms with Gasteiger partial charge >= 0.3 is 5.97 Å². The summed E-state index contributed by atoms with van der Waals surface area (Å²) in [5.74, 6) is -0.435. The van der Waals surface area contributed by atoms with E-state index in [0.29, 0.717) is 48.3 Å². The van der Waals surface area contributed by atoms with Crippen molar-refractivity contribution in [1.29, 1.82) is 0 Å². The largest absolute Gasteiger partial charge is 0.490 e. The first-order valence-electron chi connectivity index (χ1n) is 8.99. The van der Waals surface area contributed by atoms with Gasteiger partial charge in [-0.15, -0.1) is 0 Å². The second kappa shape index (κ2) is 9.28. The lowest BCUT2D eigenvalue weighted by molar-refractivity contribution is -0.151. The number of nitrogens with zero attached hydrogens (tertiary/aromatic N) is 1. The number of hydrogen-bond acceptors (Lipinski definition) is 5. The maximum Gasteiger partial charge on any atom is 0.313 e. The van der Waals surface area contributed by atoms with E-state index in [2.05, 4.69) is 0 Å². The number of rotatable bonds is 9. The summed E-state index contributed by atoms with van der Waals surface area (Å²) in [5, 5.41) is 9.86. The van der Waals surface area contributed by atoms with Gasteiger partial charge in [0.25, 0.3) is 5.91 Å². The zero-order valence-electron chi connectivity index (χ0n) is 15.9. The van der Waals surface area contributed by atoms with Crippen LogP contribution in [0.1, 0.15) is 37.0 Å². The Hall–Kier alpha value is -1.99. The summed E-state index contributed by atoms with van der Waals surface area (Å²) in [6.07, 6.45) is 1.15. The van der Waals surface area contributed by atoms with Crippen LogP contribution in [0.5, 0.6) is 11.5 Å². The molecule has 7 nitrogen and oxygen atoms in total. The molecule has 1 unspecified atom stereocenters. The lowest BCUT2D eigenvalue weighted by Crippen LogP contribution is -2.40. The highest BCUT2D eigenvalue weighted by atomic mass is 35.5. The molecule has 8 heteroatoms. The van der Waals surface area contributed by atoms with E-state index in [0.717, 1.165) is 6.42 Å². The van der Waals surface area contributed by atoms with Crippen LogP contribution in [0.2, 0.25) is 5.02 Å². The molecule has 1 fully saturated rings. The normalized spacial score (nSPS) is 19.2. The lowest BCUT2D eigenvalue weighted by Gasteiger charge is -2.24. The summed E-state index contributed by atoms with van der Waals surface area (Å²) in [5.41, 5.74) is -0.743. The van der Waals surface area contributed by atoms with Crippen LogP contribution >= 0.6 is 11.6 Å². The molecule has 1 aliphatic heterocycles. The predicted molar refractivity (Wildman–Crippen MR) is 101 cm³/mol. The van der Waals surface area contributed by atoms with Crippen LogP contribution in [0.3, 0.4) is 0 Å². The third kappa shape index (κ3) is 4.65. The van der Waals surface area contributed by atoms with E-state index < -0.39 is 11.4 Å². The molecule has 0 aromatic heterocycles. The standard InChI is InChI=1S/C19H26ClNO6/c1-4-8-27-16-14(20)9-13(10-15(16)26-5-2)17(22)21-7-6-19(11-21,12-25-3)18(23)24/h9-10H,4-8,11-12H2,1-3H3,(H,23,24). The predicted octanol–water partition coefficient (Wildman–Crippen LogP) is 3.09. The van der Waals surface area contributed by atoms with Gasteiger partial charge in [-0.25, -0.2) is 0 Å². The van der Waals surface area contributed by atoms with Gasteiger partial charge in [0.1, 0.15) is 5.41 Å². The highest BCUT2D eigenvalue weighted by Crippen LogP contribution is 2.38. The summed E-state index contributed by atoms with van der Waals surface area (Å²) in [6.45, 7) is 5.18. The minimum Gasteiger partial charge on any atom is -0.490 e. The maximum absolute atomic E-state index is 12.9. The van der Waals surface area contributed by atoms with Crippen LogP contribution in [0.15, 0.2) is 12.1 Å². The summed E-state index contributed by atoms with van der Waals surface area (Å²) >= 11 is 6.32. The zero-order chi connectivity index (χ0) is 20.0. The van der Waals surface area contributed by atoms with Crippen LogP contribution < -0.4 is 9.47 Å². The van der Waals surface area contributed by atoms with Crippen molar-refractivity contribution in [3.63, 3.8) is 0 Å². The molecule has 1 amide bonds. The average Bonchev–Trinajstić information content (AvgIpc) is 3.06. The van der Waals surface area contributed by atoms with E-state index in [-0.39, 0.29) is 19.1 Å². The second-order valence-corrected chi connectivity index (χ2v) is 6.97. The van der Waals surface area contributed by atoms with Gasteiger partial charge in [-0.05, 0) is 31.9 Å². The van der Waals surface area contributed by atoms with Gasteiger partial charge in [-0.2, -0.15) is 0 Å². The van der Waals surface area contributed by atoms with Gasteiger partial charge in [0.05, 0.1) is 24.8 Å². The summed E-state index contributed by atoms with van der Waals surface area (Å²) in [6, 6.07) is 3.13. The number of ether oxygens (including phenoxy) is 3. The fourth-order valence-electron chi connectivity index (χ4n) is 3.16. The molecule has 27 heavy (non-hydrogen) atoms. The first-order chi connectivity index (χ1) is 12.9. The van der Waals surface area contributed by atoms with Crippen molar-refractivity contribution in [1.82, 2.24) is 4.90 Å². The Labute approximate surface area is 164 Å². The number of hydrogen-bond donors (Lipinski definition) is 1. The maximum atomic E-state index is 12.9. The van der Waals surface area contributed by atoms with E-state index in [1.54, 1.807) is 6.07 Å². The Morgan fingerprint density at radius 2 is 2.04 bits per heavy atom. The monoisotopic (exact) mass is 399 g/mol. The number of halogens is 1. The third-order valence-electron chi connectivity index (χ3n) is 4.52. The Morgan fingerprint density at radius 1 is 1.30 bits per heavy atom. The molecule has 1 heterocycles. The van der Waals surface area contributed by atoms with E-state index in [1.165, 1.54) is 18.1 Å². The fourth-order valence-corrected chi connectivity index (χ4v) is 3.42. The van der Waals surface area contributed by atoms with Crippen LogP contribution in [0.4, 0.5) is 0 Å². The minimum atomic E-state index is -1.08. The molecule has 0 saturated carbocycles. The van der Waals surface area contributed by atoms with Crippen molar-refractivity contribution in [3.05, 3.63) is 22.7 Å². The van der Waals surface area contributed by atoms with Crippen LogP contribution in [0, 0.1) is 5.41 Å². The van der Waals surface area contributed by atoms with Crippen LogP contribution in [0.25, 0.3) is 0 Å². The topological polar surface area (TPSA) is 85.3 Å². The molecule has 1 aliphatic rings. The molecule has 1 saturated heterocycles. The number of carboxylic acid groups (broad SMARTS) is 1. The first kappa shape index (κ1) is 21.3. The molecule has 0 spiro atoms. The molecule has 1 aromatic carbocycles. The van der Waals surface area contributed by atoms with E-state index in [1.807, 2.05) is 13.8 Å². The number of aliphatic carboxylic acids is 1. The quantitative estimate of drug-likeness (QED) is 0.686. The molecule has 0 bridgehead atoms. The molecule has 0 aliphatic carbocycles. The number of amides is 1. The van der Waals surface area contributed by atoms with Gasteiger partial charge in [0.2, 0.25) is 0 Å². The molecular formula is C19H26ClNO6. The molecule has 1 N–H and O–H groups in total. The number of carbonyl (C=O) groups is 2. The molecule has 1 atom stereocenters. The Bertz CT molecular complexity index is 695. The number of carbonyl (C=O) groups excluding carboxylic acids is 1. The van der Waals surface area contributed by atoms with Gasteiger partial charge in [-0.3, -0.25) is 9.59 Å². The van der Waals surface area contributed by atoms with Crippen LogP contribution in [-0.4, -0.2) is 61.9 Å². The zero-order valence-corrected chi connectivity index (χ0v) is 16.7. The second-order valence-electron chi connectivity index (χ2n) is 6.56. The van der Waals surface area contributed by atoms with E-state index in [4.69, 9.17) is 25.8 Å². The Kier molecular flexibility index (Phi) is 7.33. The van der Waals surface area contributed by atoms with Crippen LogP contribution in [-0.2, 0) is 9.53 Å². The van der Waals surface area contributed by atoms with Gasteiger partial charge in [0, 0.05) is 25.8 Å². The highest BCUT2D eigenvalue weighted by Gasteiger charge is 2.46. The Morgan fingerprint density at radius 3 is 2.63 bits per heavy atom. The van der Waals surface area contributed by atoms with Crippen molar-refractivity contribution in [2.45, 2.75) is 26.7 Å². The van der Waals surface area contributed by atoms with Crippen molar-refractivity contribution in [2.24, 2.45) is 5.41 Å². The molecular weight excluding hydrogens is 374 g/mol. The smallest absolute Gasteiger partial charge is 0.313 e. The van der Waals surface area contributed by atoms with E-state index in [9.17, 15) is 14.7 Å². The van der Waals surface area contributed by atoms with Gasteiger partial charge < -0.3 is 24.2 Å². The van der Waals surface area contributed by atoms with Crippen molar-refractivity contribution < 1.29 is 28.9 Å². The number of likely N-dealkylation sites (tertiary alicyclic amines) is 1. The first-order valence-corrected chi connectivity index (χ1v) is 9.37. The molecule has 1 aromatic rings. The summed E-state index contributed by atoms with van der Waals surface area (Å²) in [4.78, 5) is 26.1. The van der Waals surface area contributed by atoms with Gasteiger partial charge in [0.15, 0.2) is 11.5 Å². The minimum absolute atomic E-state index is 0.0564. The highest BCUT2D eigenvalue weighted by molar-refractivity contribution is 6.32. The summed E-state index contributed by atoms with van der Waals surface area (Å²) < 4.78 is 16.3. The third-order valence-corrected chi connectivity index (χ3v) is 4.80. The molecule has 2 rings (SSSR count). The van der Waals surface area contributed by atoms with Crippen molar-refractivity contribution >= 4 is 23.5 Å². The van der Waals surface area contributed by atoms with Gasteiger partial charge in [-0.1, -0.05) is 18.5 Å². The molecule has 0 radical (unpaired) electrons. The SMILES string of the molecule is CCCOc1c(Cl)cc(C(=O)N2CCC(COC)(C(=O)O)C2)cc1OCC. The lowest BCUT2D eigenvalue weighted by atomic mass is 9.88. The number of methoxy groups -OCH3 is 1. The van der Waals surface area contributed by atoms with Crippen molar-refractivity contribution in [3.8, 4) is 11.5 Å². The van der Waals surface area contributed by atoms with E-state index >= 15 is 0 Å². The summed E-state index contributed by atoms with van der Waals surface area (Å²) in [7, 11) is 1.46.